The molecule has 4 amide bonds. The number of rotatable bonds is 8. The van der Waals surface area contributed by atoms with Gasteiger partial charge in [-0.3, -0.25) is 14.5 Å². The Morgan fingerprint density at radius 2 is 1.52 bits per heavy atom. The summed E-state index contributed by atoms with van der Waals surface area (Å²) >= 11 is 0. The molecule has 0 aliphatic carbocycles. The van der Waals surface area contributed by atoms with Crippen molar-refractivity contribution in [2.24, 2.45) is 0 Å². The minimum atomic E-state index is -1.03. The first-order valence-electron chi connectivity index (χ1n) is 15.0. The monoisotopic (exact) mass is 610 g/mol. The molecule has 0 saturated carbocycles. The first-order valence-corrected chi connectivity index (χ1v) is 15.0. The second-order valence-corrected chi connectivity index (χ2v) is 12.9. The van der Waals surface area contributed by atoms with Crippen molar-refractivity contribution in [1.29, 1.82) is 0 Å². The molecule has 1 unspecified atom stereocenters. The van der Waals surface area contributed by atoms with E-state index in [1.807, 2.05) is 38.1 Å². The van der Waals surface area contributed by atoms with Gasteiger partial charge in [-0.15, -0.1) is 0 Å². The van der Waals surface area contributed by atoms with E-state index in [0.717, 1.165) is 11.3 Å². The first kappa shape index (κ1) is 34.4. The van der Waals surface area contributed by atoms with Gasteiger partial charge in [-0.1, -0.05) is 25.1 Å². The van der Waals surface area contributed by atoms with E-state index in [1.165, 1.54) is 0 Å². The molecule has 0 spiro atoms. The molecule has 1 aliphatic rings. The molecule has 1 aliphatic heterocycles. The lowest BCUT2D eigenvalue weighted by atomic mass is 9.90. The Balaban J connectivity index is 1.81. The maximum absolute atomic E-state index is 13.7. The number of aliphatic hydroxyl groups excluding tert-OH is 1. The number of aliphatic hydroxyl groups is 1. The van der Waals surface area contributed by atoms with Crippen LogP contribution in [0.4, 0.5) is 21.0 Å². The van der Waals surface area contributed by atoms with Crippen molar-refractivity contribution >= 4 is 35.4 Å². The highest BCUT2D eigenvalue weighted by atomic mass is 16.6. The molecule has 0 bridgehead atoms. The number of nitrogens with one attached hydrogen (secondary N) is 2. The number of hydrogen-bond donors (Lipinski definition) is 3. The third kappa shape index (κ3) is 9.19. The van der Waals surface area contributed by atoms with E-state index in [0.29, 0.717) is 24.1 Å². The van der Waals surface area contributed by atoms with Gasteiger partial charge in [0.05, 0.1) is 12.1 Å². The summed E-state index contributed by atoms with van der Waals surface area (Å²) in [6, 6.07) is 13.5. The van der Waals surface area contributed by atoms with Crippen LogP contribution in [-0.2, 0) is 14.3 Å². The second kappa shape index (κ2) is 14.1. The van der Waals surface area contributed by atoms with Gasteiger partial charge in [0.15, 0.2) is 0 Å². The van der Waals surface area contributed by atoms with Crippen LogP contribution >= 0.6 is 0 Å². The molecular formula is C33H46N4O7. The predicted molar refractivity (Wildman–Crippen MR) is 169 cm³/mol. The van der Waals surface area contributed by atoms with E-state index < -0.39 is 41.4 Å². The number of carbonyl (C=O) groups is 4. The SMILES string of the molecule is CCC(=O)N1c2ccccc2[C@H](N(C(=O)OC(C)(C)C)c2ccc(C(=O)NCC(O)CNC(=O)OC(C)(C)C)cc2)C[C@@H]1C. The maximum Gasteiger partial charge on any atom is 0.415 e. The van der Waals surface area contributed by atoms with Gasteiger partial charge in [0.1, 0.15) is 11.2 Å². The molecule has 44 heavy (non-hydrogen) atoms. The number of alkyl carbamates (subject to hydrolysis) is 1. The molecule has 0 saturated heterocycles. The largest absolute Gasteiger partial charge is 0.444 e. The molecule has 3 rings (SSSR count). The molecule has 2 aromatic rings. The van der Waals surface area contributed by atoms with Gasteiger partial charge in [0.2, 0.25) is 5.91 Å². The third-order valence-corrected chi connectivity index (χ3v) is 6.82. The summed E-state index contributed by atoms with van der Waals surface area (Å²) in [5.41, 5.74) is 1.02. The molecule has 11 nitrogen and oxygen atoms in total. The number of nitrogens with zero attached hydrogens (tertiary/aromatic N) is 2. The van der Waals surface area contributed by atoms with Crippen LogP contribution in [0.25, 0.3) is 0 Å². The molecule has 0 fully saturated rings. The van der Waals surface area contributed by atoms with E-state index in [2.05, 4.69) is 10.6 Å². The van der Waals surface area contributed by atoms with Gasteiger partial charge in [-0.2, -0.15) is 0 Å². The Bertz CT molecular complexity index is 1330. The van der Waals surface area contributed by atoms with Crippen molar-refractivity contribution in [1.82, 2.24) is 10.6 Å². The molecule has 2 aromatic carbocycles. The summed E-state index contributed by atoms with van der Waals surface area (Å²) < 4.78 is 11.0. The molecule has 11 heteroatoms. The maximum atomic E-state index is 13.7. The molecule has 0 radical (unpaired) electrons. The summed E-state index contributed by atoms with van der Waals surface area (Å²) in [6.45, 7) is 14.2. The fourth-order valence-electron chi connectivity index (χ4n) is 4.97. The number of ether oxygens (including phenoxy) is 2. The topological polar surface area (TPSA) is 138 Å². The van der Waals surface area contributed by atoms with E-state index in [1.54, 1.807) is 75.6 Å². The number of fused-ring (bicyclic) bond motifs is 1. The fraction of sp³-hybridized carbons (Fsp3) is 0.515. The average Bonchev–Trinajstić information content (AvgIpc) is 2.93. The van der Waals surface area contributed by atoms with Gasteiger partial charge >= 0.3 is 12.2 Å². The lowest BCUT2D eigenvalue weighted by Gasteiger charge is -2.43. The van der Waals surface area contributed by atoms with Crippen molar-refractivity contribution in [2.75, 3.05) is 22.9 Å². The molecular weight excluding hydrogens is 564 g/mol. The minimum Gasteiger partial charge on any atom is -0.444 e. The Hall–Kier alpha value is -4.12. The van der Waals surface area contributed by atoms with Crippen LogP contribution in [0.15, 0.2) is 48.5 Å². The highest BCUT2D eigenvalue weighted by molar-refractivity contribution is 5.97. The van der Waals surface area contributed by atoms with Crippen LogP contribution in [0.5, 0.6) is 0 Å². The van der Waals surface area contributed by atoms with Crippen molar-refractivity contribution < 1.29 is 33.8 Å². The molecule has 3 atom stereocenters. The van der Waals surface area contributed by atoms with E-state index in [-0.39, 0.29) is 25.0 Å². The second-order valence-electron chi connectivity index (χ2n) is 12.9. The summed E-state index contributed by atoms with van der Waals surface area (Å²) in [4.78, 5) is 54.6. The number of amides is 4. The predicted octanol–water partition coefficient (Wildman–Crippen LogP) is 5.32. The zero-order chi connectivity index (χ0) is 32.8. The molecule has 0 aromatic heterocycles. The number of para-hydroxylation sites is 1. The zero-order valence-electron chi connectivity index (χ0n) is 27.0. The smallest absolute Gasteiger partial charge is 0.415 e. The van der Waals surface area contributed by atoms with Crippen LogP contribution in [0.2, 0.25) is 0 Å². The minimum absolute atomic E-state index is 0.00771. The lowest BCUT2D eigenvalue weighted by Crippen LogP contribution is -2.48. The number of anilines is 2. The Morgan fingerprint density at radius 1 is 0.932 bits per heavy atom. The van der Waals surface area contributed by atoms with Crippen LogP contribution in [0, 0.1) is 0 Å². The Kier molecular flexibility index (Phi) is 11.0. The molecule has 1 heterocycles. The van der Waals surface area contributed by atoms with Crippen LogP contribution in [-0.4, -0.2) is 65.5 Å². The lowest BCUT2D eigenvalue weighted by molar-refractivity contribution is -0.118. The standard InChI is InChI=1S/C33H46N4O7/c1-9-28(39)36-21(2)18-27(25-12-10-11-13-26(25)36)37(31(42)44-33(6,7)8)23-16-14-22(15-17-23)29(40)34-19-24(38)20-35-30(41)43-32(3,4)5/h10-17,21,24,27,38H,9,18-20H2,1-8H3,(H,34,40)(H,35,41)/t21-,24?,27+/m0/s1. The van der Waals surface area contributed by atoms with Crippen molar-refractivity contribution in [2.45, 2.75) is 97.6 Å². The summed E-state index contributed by atoms with van der Waals surface area (Å²) in [5.74, 6) is -0.421. The highest BCUT2D eigenvalue weighted by Gasteiger charge is 2.39. The van der Waals surface area contributed by atoms with Crippen LogP contribution in [0.1, 0.15) is 90.2 Å². The summed E-state index contributed by atoms with van der Waals surface area (Å²) in [7, 11) is 0. The van der Waals surface area contributed by atoms with Gasteiger partial charge in [0.25, 0.3) is 5.91 Å². The molecule has 240 valence electrons. The zero-order valence-corrected chi connectivity index (χ0v) is 27.0. The van der Waals surface area contributed by atoms with Gasteiger partial charge in [-0.25, -0.2) is 9.59 Å². The quantitative estimate of drug-likeness (QED) is 0.368. The van der Waals surface area contributed by atoms with E-state index in [9.17, 15) is 24.3 Å². The Morgan fingerprint density at radius 3 is 2.11 bits per heavy atom. The van der Waals surface area contributed by atoms with E-state index in [4.69, 9.17) is 9.47 Å². The molecule has 3 N–H and O–H groups in total. The van der Waals surface area contributed by atoms with Crippen molar-refractivity contribution in [3.63, 3.8) is 0 Å². The first-order chi connectivity index (χ1) is 20.5. The van der Waals surface area contributed by atoms with Crippen LogP contribution < -0.4 is 20.4 Å². The normalized spacial score (nSPS) is 17.2. The van der Waals surface area contributed by atoms with E-state index >= 15 is 0 Å². The number of carbonyl (C=O) groups excluding carboxylic acids is 4. The summed E-state index contributed by atoms with van der Waals surface area (Å²) in [5, 5.41) is 15.3. The highest BCUT2D eigenvalue weighted by Crippen LogP contribution is 2.43. The Labute approximate surface area is 259 Å². The van der Waals surface area contributed by atoms with Crippen molar-refractivity contribution in [3.05, 3.63) is 59.7 Å². The number of hydrogen-bond acceptors (Lipinski definition) is 7. The fourth-order valence-corrected chi connectivity index (χ4v) is 4.97. The van der Waals surface area contributed by atoms with Gasteiger partial charge < -0.3 is 30.1 Å². The average molecular weight is 611 g/mol. The summed E-state index contributed by atoms with van der Waals surface area (Å²) in [6.07, 6.45) is -1.38. The van der Waals surface area contributed by atoms with Crippen molar-refractivity contribution in [3.8, 4) is 0 Å². The number of benzene rings is 2. The van der Waals surface area contributed by atoms with Gasteiger partial charge in [-0.05, 0) is 90.8 Å². The third-order valence-electron chi connectivity index (χ3n) is 6.82. The van der Waals surface area contributed by atoms with Gasteiger partial charge in [0, 0.05) is 42.5 Å². The van der Waals surface area contributed by atoms with Crippen LogP contribution in [0.3, 0.4) is 0 Å².